The lowest BCUT2D eigenvalue weighted by atomic mass is 9.44. The summed E-state index contributed by atoms with van der Waals surface area (Å²) in [6, 6.07) is 0. The quantitative estimate of drug-likeness (QED) is 0.258. The van der Waals surface area contributed by atoms with E-state index in [-0.39, 0.29) is 31.0 Å². The van der Waals surface area contributed by atoms with Crippen LogP contribution in [-0.4, -0.2) is 52.6 Å². The van der Waals surface area contributed by atoms with Crippen LogP contribution in [0.15, 0.2) is 23.8 Å². The van der Waals surface area contributed by atoms with Gasteiger partial charge in [-0.2, -0.15) is 0 Å². The van der Waals surface area contributed by atoms with E-state index in [1.807, 2.05) is 20.8 Å². The van der Waals surface area contributed by atoms with Crippen molar-refractivity contribution < 1.29 is 38.1 Å². The van der Waals surface area contributed by atoms with E-state index in [4.69, 9.17) is 9.47 Å². The van der Waals surface area contributed by atoms with E-state index in [1.54, 1.807) is 13.0 Å². The first-order valence-electron chi connectivity index (χ1n) is 16.4. The van der Waals surface area contributed by atoms with E-state index in [0.717, 1.165) is 19.3 Å². The lowest BCUT2D eigenvalue weighted by Gasteiger charge is -2.62. The number of Topliss-reactive ketones (excluding diaryl/α,β-unsaturated/α-hetero) is 1. The molecular weight excluding hydrogens is 551 g/mol. The van der Waals surface area contributed by atoms with Gasteiger partial charge in [-0.1, -0.05) is 65.5 Å². The highest BCUT2D eigenvalue weighted by Crippen LogP contribution is 2.71. The maximum atomic E-state index is 17.6. The molecule has 3 saturated carbocycles. The number of alkyl halides is 1. The van der Waals surface area contributed by atoms with Crippen molar-refractivity contribution in [2.24, 2.45) is 34.5 Å². The molecule has 0 aromatic carbocycles. The Hall–Kier alpha value is -2.35. The molecule has 4 aliphatic rings. The molecule has 0 aromatic heterocycles. The molecule has 7 nitrogen and oxygen atoms in total. The Balaban J connectivity index is 1.66. The lowest BCUT2D eigenvalue weighted by molar-refractivity contribution is -0.228. The molecule has 0 spiro atoms. The van der Waals surface area contributed by atoms with Gasteiger partial charge in [0.1, 0.15) is 0 Å². The number of hydrogen-bond acceptors (Lipinski definition) is 7. The number of halogens is 1. The number of esters is 2. The van der Waals surface area contributed by atoms with E-state index < -0.39 is 64.4 Å². The van der Waals surface area contributed by atoms with Gasteiger partial charge in [0.25, 0.3) is 0 Å². The minimum atomic E-state index is -2.06. The molecule has 0 saturated heterocycles. The average Bonchev–Trinajstić information content (AvgIpc) is 3.17. The van der Waals surface area contributed by atoms with Crippen LogP contribution in [0.4, 0.5) is 4.39 Å². The summed E-state index contributed by atoms with van der Waals surface area (Å²) in [4.78, 5) is 52.3. The smallest absolute Gasteiger partial charge is 0.306 e. The highest BCUT2D eigenvalue weighted by atomic mass is 19.1. The Labute approximate surface area is 256 Å². The fraction of sp³-hybridized carbons (Fsp3) is 0.771. The predicted octanol–water partition coefficient (Wildman–Crippen LogP) is 6.40. The summed E-state index contributed by atoms with van der Waals surface area (Å²) < 4.78 is 29.3. The second kappa shape index (κ2) is 12.6. The molecule has 1 N–H and O–H groups in total. The Morgan fingerprint density at radius 3 is 2.49 bits per heavy atom. The zero-order valence-electron chi connectivity index (χ0n) is 26.9. The van der Waals surface area contributed by atoms with Crippen LogP contribution < -0.4 is 0 Å². The van der Waals surface area contributed by atoms with Crippen LogP contribution >= 0.6 is 0 Å². The van der Waals surface area contributed by atoms with Gasteiger partial charge in [0.2, 0.25) is 5.78 Å². The fourth-order valence-electron chi connectivity index (χ4n) is 9.07. The van der Waals surface area contributed by atoms with Crippen molar-refractivity contribution in [1.82, 2.24) is 0 Å². The third-order valence-electron chi connectivity index (χ3n) is 11.7. The summed E-state index contributed by atoms with van der Waals surface area (Å²) in [6.07, 6.45) is 8.52. The molecule has 0 aliphatic heterocycles. The van der Waals surface area contributed by atoms with Gasteiger partial charge in [0, 0.05) is 35.5 Å². The molecule has 0 aromatic rings. The van der Waals surface area contributed by atoms with Gasteiger partial charge >= 0.3 is 11.9 Å². The first kappa shape index (κ1) is 33.5. The second-order valence-corrected chi connectivity index (χ2v) is 14.2. The number of allylic oxidation sites excluding steroid dienone is 4. The van der Waals surface area contributed by atoms with Gasteiger partial charge in [0.05, 0.1) is 6.10 Å². The zero-order valence-corrected chi connectivity index (χ0v) is 26.9. The molecule has 0 heterocycles. The van der Waals surface area contributed by atoms with Crippen LogP contribution in [0.2, 0.25) is 0 Å². The minimum Gasteiger partial charge on any atom is -0.457 e. The molecule has 9 atom stereocenters. The summed E-state index contributed by atoms with van der Waals surface area (Å²) in [5, 5.41) is 11.7. The first-order chi connectivity index (χ1) is 20.2. The molecule has 4 rings (SSSR count). The van der Waals surface area contributed by atoms with E-state index in [9.17, 15) is 24.3 Å². The second-order valence-electron chi connectivity index (χ2n) is 14.2. The number of ether oxygens (including phenoxy) is 2. The number of ketones is 2. The number of rotatable bonds is 12. The first-order valence-corrected chi connectivity index (χ1v) is 16.4. The molecular formula is C35H51FO7. The van der Waals surface area contributed by atoms with Crippen LogP contribution in [0, 0.1) is 34.5 Å². The minimum absolute atomic E-state index is 0.102. The Kier molecular flexibility index (Phi) is 9.80. The van der Waals surface area contributed by atoms with E-state index in [2.05, 4.69) is 13.8 Å². The van der Waals surface area contributed by atoms with Crippen LogP contribution in [-0.2, 0) is 28.7 Å². The number of aliphatic hydroxyl groups excluding tert-OH is 1. The third kappa shape index (κ3) is 5.44. The van der Waals surface area contributed by atoms with Gasteiger partial charge in [-0.05, 0) is 69.4 Å². The third-order valence-corrected chi connectivity index (χ3v) is 11.7. The summed E-state index contributed by atoms with van der Waals surface area (Å²) in [5.74, 6) is -2.66. The predicted molar refractivity (Wildman–Crippen MR) is 161 cm³/mol. The highest BCUT2D eigenvalue weighted by Gasteiger charge is 2.77. The van der Waals surface area contributed by atoms with Crippen molar-refractivity contribution in [2.75, 3.05) is 6.61 Å². The number of carbonyl (C=O) groups excluding carboxylic acids is 4. The van der Waals surface area contributed by atoms with E-state index in [1.165, 1.54) is 12.2 Å². The Bertz CT molecular complexity index is 1180. The van der Waals surface area contributed by atoms with Crippen molar-refractivity contribution >= 4 is 23.5 Å². The maximum absolute atomic E-state index is 17.6. The van der Waals surface area contributed by atoms with Gasteiger partial charge in [-0.25, -0.2) is 4.39 Å². The lowest BCUT2D eigenvalue weighted by Crippen LogP contribution is -2.70. The normalized spacial score (nSPS) is 38.8. The SMILES string of the molecule is CCCCC(=O)OC1(C(=O)COC(=O)CCCC(C)CC)C(C)CC2C3CCC4=CC(=O)C=CC4(C)C3(F)C(O)CC21C. The fourth-order valence-corrected chi connectivity index (χ4v) is 9.07. The number of hydrogen-bond donors (Lipinski definition) is 1. The summed E-state index contributed by atoms with van der Waals surface area (Å²) in [6.45, 7) is 11.1. The molecule has 3 fully saturated rings. The van der Waals surface area contributed by atoms with E-state index in [0.29, 0.717) is 43.6 Å². The maximum Gasteiger partial charge on any atom is 0.306 e. The van der Waals surface area contributed by atoms with Crippen LogP contribution in [0.3, 0.4) is 0 Å². The topological polar surface area (TPSA) is 107 Å². The number of fused-ring (bicyclic) bond motifs is 5. The summed E-state index contributed by atoms with van der Waals surface area (Å²) >= 11 is 0. The molecule has 43 heavy (non-hydrogen) atoms. The molecule has 240 valence electrons. The Morgan fingerprint density at radius 1 is 1.12 bits per heavy atom. The van der Waals surface area contributed by atoms with E-state index >= 15 is 4.39 Å². The van der Waals surface area contributed by atoms with Crippen molar-refractivity contribution in [3.05, 3.63) is 23.8 Å². The van der Waals surface area contributed by atoms with Gasteiger partial charge < -0.3 is 14.6 Å². The average molecular weight is 603 g/mol. The van der Waals surface area contributed by atoms with Crippen molar-refractivity contribution in [1.29, 1.82) is 0 Å². The molecule has 0 radical (unpaired) electrons. The zero-order chi connectivity index (χ0) is 31.8. The standard InChI is InChI=1S/C35H51FO7/c1-7-9-12-31(41)43-35(29(39)21-42-30(40)13-10-11-22(3)8-2)23(4)18-27-26-15-14-24-19-25(37)16-17-32(24,5)34(26,36)28(38)20-33(27,35)6/h16-17,19,22-23,26-28,38H,7-15,18,20-21H2,1-6H3. The molecule has 4 aliphatic carbocycles. The van der Waals surface area contributed by atoms with Crippen molar-refractivity contribution in [3.8, 4) is 0 Å². The number of carbonyl (C=O) groups is 4. The van der Waals surface area contributed by atoms with Gasteiger partial charge in [-0.3, -0.25) is 19.2 Å². The summed E-state index contributed by atoms with van der Waals surface area (Å²) in [7, 11) is 0. The van der Waals surface area contributed by atoms with Crippen molar-refractivity contribution in [2.45, 2.75) is 130 Å². The number of aliphatic hydroxyl groups is 1. The molecule has 0 bridgehead atoms. The molecule has 0 amide bonds. The largest absolute Gasteiger partial charge is 0.457 e. The van der Waals surface area contributed by atoms with Gasteiger partial charge in [0.15, 0.2) is 23.7 Å². The van der Waals surface area contributed by atoms with Crippen molar-refractivity contribution in [3.63, 3.8) is 0 Å². The molecule has 8 heteroatoms. The van der Waals surface area contributed by atoms with Crippen LogP contribution in [0.1, 0.15) is 112 Å². The molecule has 9 unspecified atom stereocenters. The van der Waals surface area contributed by atoms with Gasteiger partial charge in [-0.15, -0.1) is 0 Å². The van der Waals surface area contributed by atoms with Crippen LogP contribution in [0.25, 0.3) is 0 Å². The highest BCUT2D eigenvalue weighted by molar-refractivity contribution is 6.01. The summed E-state index contributed by atoms with van der Waals surface area (Å²) in [5.41, 5.74) is -5.30. The Morgan fingerprint density at radius 2 is 1.81 bits per heavy atom. The monoisotopic (exact) mass is 602 g/mol. The number of unbranched alkanes of at least 4 members (excludes halogenated alkanes) is 1. The van der Waals surface area contributed by atoms with Crippen LogP contribution in [0.5, 0.6) is 0 Å².